The van der Waals surface area contributed by atoms with Gasteiger partial charge in [0.15, 0.2) is 6.29 Å². The summed E-state index contributed by atoms with van der Waals surface area (Å²) in [5, 5.41) is 28.6. The molecule has 0 saturated carbocycles. The van der Waals surface area contributed by atoms with Crippen molar-refractivity contribution in [2.24, 2.45) is 0 Å². The lowest BCUT2D eigenvalue weighted by Gasteiger charge is -2.11. The molecule has 5 nitrogen and oxygen atoms in total. The molecule has 1 aromatic rings. The van der Waals surface area contributed by atoms with Crippen LogP contribution in [0.25, 0.3) is 0 Å². The molecular formula is C7H9NO4S. The molecule has 0 amide bonds. The van der Waals surface area contributed by atoms with Gasteiger partial charge in [0.25, 0.3) is 0 Å². The number of aliphatic hydroxyl groups excluding tert-OH is 3. The lowest BCUT2D eigenvalue weighted by Crippen LogP contribution is -2.21. The number of carbonyl (C=O) groups is 1. The molecule has 0 aliphatic rings. The molecule has 3 N–H and O–H groups in total. The summed E-state index contributed by atoms with van der Waals surface area (Å²) in [4.78, 5) is 14.0. The number of aliphatic hydroxyl groups is 3. The Morgan fingerprint density at radius 3 is 2.77 bits per heavy atom. The average Bonchev–Trinajstić information content (AvgIpc) is 2.63. The maximum absolute atomic E-state index is 10.2. The zero-order valence-electron chi connectivity index (χ0n) is 6.62. The van der Waals surface area contributed by atoms with Crippen LogP contribution in [0.4, 0.5) is 0 Å². The highest BCUT2D eigenvalue weighted by molar-refractivity contribution is 7.09. The molecule has 0 aromatic carbocycles. The smallest absolute Gasteiger partial charge is 0.169 e. The highest BCUT2D eigenvalue weighted by Gasteiger charge is 2.20. The highest BCUT2D eigenvalue weighted by atomic mass is 32.1. The van der Waals surface area contributed by atoms with E-state index in [1.165, 1.54) is 5.38 Å². The summed E-state index contributed by atoms with van der Waals surface area (Å²) in [7, 11) is 0. The van der Waals surface area contributed by atoms with Crippen LogP contribution in [-0.2, 0) is 0 Å². The van der Waals surface area contributed by atoms with Crippen LogP contribution in [0.15, 0.2) is 5.38 Å². The van der Waals surface area contributed by atoms with E-state index in [4.69, 9.17) is 10.2 Å². The van der Waals surface area contributed by atoms with E-state index in [1.54, 1.807) is 0 Å². The number of hydrogen-bond donors (Lipinski definition) is 3. The van der Waals surface area contributed by atoms with E-state index in [-0.39, 0.29) is 10.7 Å². The van der Waals surface area contributed by atoms with Gasteiger partial charge in [-0.3, -0.25) is 4.79 Å². The summed E-state index contributed by atoms with van der Waals surface area (Å²) in [6.45, 7) is -0.544. The predicted molar refractivity (Wildman–Crippen MR) is 45.6 cm³/mol. The third-order valence-corrected chi connectivity index (χ3v) is 2.40. The Hall–Kier alpha value is -0.820. The van der Waals surface area contributed by atoms with Crippen LogP contribution in [0.5, 0.6) is 0 Å². The molecule has 0 radical (unpaired) electrons. The fourth-order valence-electron chi connectivity index (χ4n) is 0.755. The van der Waals surface area contributed by atoms with Gasteiger partial charge in [-0.2, -0.15) is 0 Å². The van der Waals surface area contributed by atoms with Crippen molar-refractivity contribution in [3.05, 3.63) is 16.1 Å². The van der Waals surface area contributed by atoms with Crippen LogP contribution in [0, 0.1) is 0 Å². The molecule has 2 atom stereocenters. The topological polar surface area (TPSA) is 90.7 Å². The molecule has 1 heterocycles. The molecule has 0 saturated heterocycles. The van der Waals surface area contributed by atoms with Gasteiger partial charge in [-0.1, -0.05) is 0 Å². The maximum atomic E-state index is 10.2. The van der Waals surface area contributed by atoms with E-state index in [1.807, 2.05) is 0 Å². The fourth-order valence-corrected chi connectivity index (χ4v) is 1.56. The zero-order chi connectivity index (χ0) is 9.84. The molecule has 0 fully saturated rings. The first-order chi connectivity index (χ1) is 6.19. The van der Waals surface area contributed by atoms with Crippen molar-refractivity contribution in [1.29, 1.82) is 0 Å². The zero-order valence-corrected chi connectivity index (χ0v) is 7.44. The number of carbonyl (C=O) groups excluding carboxylic acids is 1. The van der Waals surface area contributed by atoms with Gasteiger partial charge < -0.3 is 15.3 Å². The quantitative estimate of drug-likeness (QED) is 0.565. The van der Waals surface area contributed by atoms with E-state index in [2.05, 4.69) is 4.98 Å². The van der Waals surface area contributed by atoms with Gasteiger partial charge in [-0.05, 0) is 0 Å². The highest BCUT2D eigenvalue weighted by Crippen LogP contribution is 2.20. The Labute approximate surface area is 78.3 Å². The SMILES string of the molecule is O=Cc1csc(C(O)C(O)CO)n1. The Morgan fingerprint density at radius 2 is 2.31 bits per heavy atom. The number of nitrogens with zero attached hydrogens (tertiary/aromatic N) is 1. The van der Waals surface area contributed by atoms with Crippen molar-refractivity contribution in [3.63, 3.8) is 0 Å². The molecule has 0 aliphatic carbocycles. The van der Waals surface area contributed by atoms with Crippen LogP contribution >= 0.6 is 11.3 Å². The van der Waals surface area contributed by atoms with Crippen molar-refractivity contribution < 1.29 is 20.1 Å². The number of thiazole rings is 1. The first-order valence-corrected chi connectivity index (χ1v) is 4.44. The number of rotatable bonds is 4. The van der Waals surface area contributed by atoms with Gasteiger partial charge in [0.1, 0.15) is 22.9 Å². The molecule has 2 unspecified atom stereocenters. The van der Waals surface area contributed by atoms with Crippen LogP contribution in [0.2, 0.25) is 0 Å². The minimum atomic E-state index is -1.26. The second-order valence-corrected chi connectivity index (χ2v) is 3.31. The Bertz CT molecular complexity index is 288. The minimum Gasteiger partial charge on any atom is -0.394 e. The van der Waals surface area contributed by atoms with Crippen LogP contribution < -0.4 is 0 Å². The van der Waals surface area contributed by atoms with E-state index < -0.39 is 18.8 Å². The van der Waals surface area contributed by atoms with Crippen molar-refractivity contribution >= 4 is 17.6 Å². The molecular weight excluding hydrogens is 194 g/mol. The van der Waals surface area contributed by atoms with Crippen molar-refractivity contribution in [3.8, 4) is 0 Å². The van der Waals surface area contributed by atoms with Gasteiger partial charge in [0.05, 0.1) is 6.61 Å². The lowest BCUT2D eigenvalue weighted by molar-refractivity contribution is -0.0153. The van der Waals surface area contributed by atoms with E-state index in [0.29, 0.717) is 6.29 Å². The van der Waals surface area contributed by atoms with Gasteiger partial charge >= 0.3 is 0 Å². The molecule has 13 heavy (non-hydrogen) atoms. The van der Waals surface area contributed by atoms with Gasteiger partial charge in [-0.15, -0.1) is 11.3 Å². The van der Waals surface area contributed by atoms with Crippen LogP contribution in [0.3, 0.4) is 0 Å². The second kappa shape index (κ2) is 4.43. The second-order valence-electron chi connectivity index (χ2n) is 2.42. The van der Waals surface area contributed by atoms with Gasteiger partial charge in [-0.25, -0.2) is 4.98 Å². The number of hydrogen-bond acceptors (Lipinski definition) is 6. The van der Waals surface area contributed by atoms with E-state index in [0.717, 1.165) is 11.3 Å². The van der Waals surface area contributed by atoms with Crippen LogP contribution in [-0.4, -0.2) is 39.3 Å². The summed E-state index contributed by atoms with van der Waals surface area (Å²) in [6, 6.07) is 0. The Kier molecular flexibility index (Phi) is 3.49. The first kappa shape index (κ1) is 10.3. The standard InChI is InChI=1S/C7H9NO4S/c9-1-4-3-13-7(8-4)6(12)5(11)2-10/h1,3,5-6,10-12H,2H2. The third-order valence-electron chi connectivity index (χ3n) is 1.46. The maximum Gasteiger partial charge on any atom is 0.169 e. The average molecular weight is 203 g/mol. The molecule has 0 bridgehead atoms. The summed E-state index contributed by atoms with van der Waals surface area (Å²) in [5.41, 5.74) is 0.212. The minimum absolute atomic E-state index is 0.212. The summed E-state index contributed by atoms with van der Waals surface area (Å²) >= 11 is 1.06. The number of aromatic nitrogens is 1. The monoisotopic (exact) mass is 203 g/mol. The van der Waals surface area contributed by atoms with E-state index in [9.17, 15) is 9.90 Å². The summed E-state index contributed by atoms with van der Waals surface area (Å²) in [5.74, 6) is 0. The third kappa shape index (κ3) is 2.31. The largest absolute Gasteiger partial charge is 0.394 e. The van der Waals surface area contributed by atoms with Gasteiger partial charge in [0, 0.05) is 5.38 Å². The first-order valence-electron chi connectivity index (χ1n) is 3.56. The van der Waals surface area contributed by atoms with Crippen molar-refractivity contribution in [2.45, 2.75) is 12.2 Å². The predicted octanol–water partition coefficient (Wildman–Crippen LogP) is -0.658. The summed E-state index contributed by atoms with van der Waals surface area (Å²) in [6.07, 6.45) is -1.94. The molecule has 0 spiro atoms. The van der Waals surface area contributed by atoms with E-state index >= 15 is 0 Å². The summed E-state index contributed by atoms with van der Waals surface area (Å²) < 4.78 is 0. The molecule has 6 heteroatoms. The molecule has 1 aromatic heterocycles. The normalized spacial score (nSPS) is 15.3. The molecule has 1 rings (SSSR count). The Morgan fingerprint density at radius 1 is 1.62 bits per heavy atom. The number of aldehydes is 1. The fraction of sp³-hybridized carbons (Fsp3) is 0.429. The molecule has 72 valence electrons. The van der Waals surface area contributed by atoms with Crippen molar-refractivity contribution in [1.82, 2.24) is 4.98 Å². The lowest BCUT2D eigenvalue weighted by atomic mass is 10.2. The van der Waals surface area contributed by atoms with Crippen LogP contribution in [0.1, 0.15) is 21.6 Å². The van der Waals surface area contributed by atoms with Gasteiger partial charge in [0.2, 0.25) is 0 Å². The molecule has 0 aliphatic heterocycles. The Balaban J connectivity index is 2.76. The van der Waals surface area contributed by atoms with Crippen molar-refractivity contribution in [2.75, 3.05) is 6.61 Å².